The number of nitrogens with zero attached hydrogens (tertiary/aromatic N) is 2. The number of sulfonamides is 1. The second kappa shape index (κ2) is 9.87. The Morgan fingerprint density at radius 3 is 2.42 bits per heavy atom. The Hall–Kier alpha value is -2.36. The van der Waals surface area contributed by atoms with Crippen LogP contribution in [0.3, 0.4) is 0 Å². The highest BCUT2D eigenvalue weighted by molar-refractivity contribution is 7.98. The van der Waals surface area contributed by atoms with Gasteiger partial charge < -0.3 is 5.32 Å². The molecule has 2 aliphatic heterocycles. The van der Waals surface area contributed by atoms with E-state index in [9.17, 15) is 18.0 Å². The zero-order chi connectivity index (χ0) is 23.6. The lowest BCUT2D eigenvalue weighted by molar-refractivity contribution is -0.125. The van der Waals surface area contributed by atoms with Crippen molar-refractivity contribution in [2.45, 2.75) is 48.4 Å². The molecule has 0 aliphatic carbocycles. The number of anilines is 1. The summed E-state index contributed by atoms with van der Waals surface area (Å²) in [4.78, 5) is 28.3. The molecule has 176 valence electrons. The minimum absolute atomic E-state index is 0.224. The molecular formula is C24H29N3O4S2. The van der Waals surface area contributed by atoms with E-state index in [1.165, 1.54) is 21.0 Å². The van der Waals surface area contributed by atoms with Gasteiger partial charge in [-0.1, -0.05) is 12.1 Å². The first-order valence-corrected chi connectivity index (χ1v) is 13.8. The van der Waals surface area contributed by atoms with Crippen molar-refractivity contribution in [1.29, 1.82) is 0 Å². The van der Waals surface area contributed by atoms with Gasteiger partial charge in [0, 0.05) is 43.6 Å². The molecule has 4 rings (SSSR count). The molecule has 0 bridgehead atoms. The van der Waals surface area contributed by atoms with Gasteiger partial charge >= 0.3 is 0 Å². The third-order valence-corrected chi connectivity index (χ3v) is 8.89. The van der Waals surface area contributed by atoms with Gasteiger partial charge in [0.05, 0.1) is 4.90 Å². The van der Waals surface area contributed by atoms with Gasteiger partial charge in [0.15, 0.2) is 0 Å². The quantitative estimate of drug-likeness (QED) is 0.607. The molecule has 0 saturated carbocycles. The molecule has 1 unspecified atom stereocenters. The van der Waals surface area contributed by atoms with Gasteiger partial charge in [0.2, 0.25) is 21.8 Å². The maximum atomic E-state index is 13.0. The van der Waals surface area contributed by atoms with Gasteiger partial charge in [-0.15, -0.1) is 11.8 Å². The first kappa shape index (κ1) is 23.8. The van der Waals surface area contributed by atoms with Gasteiger partial charge in [-0.3, -0.25) is 14.5 Å². The van der Waals surface area contributed by atoms with E-state index in [4.69, 9.17) is 0 Å². The molecule has 1 atom stereocenters. The molecule has 1 N–H and O–H groups in total. The van der Waals surface area contributed by atoms with E-state index in [0.29, 0.717) is 43.7 Å². The summed E-state index contributed by atoms with van der Waals surface area (Å²) in [6.07, 6.45) is 4.75. The van der Waals surface area contributed by atoms with Gasteiger partial charge in [0.25, 0.3) is 0 Å². The van der Waals surface area contributed by atoms with Crippen molar-refractivity contribution in [2.75, 3.05) is 30.8 Å². The van der Waals surface area contributed by atoms with Crippen molar-refractivity contribution in [1.82, 2.24) is 9.62 Å². The van der Waals surface area contributed by atoms with Crippen LogP contribution in [0.15, 0.2) is 52.3 Å². The molecule has 0 aromatic heterocycles. The van der Waals surface area contributed by atoms with Gasteiger partial charge in [-0.05, 0) is 67.0 Å². The number of fused-ring (bicyclic) bond motifs is 1. The molecule has 2 heterocycles. The summed E-state index contributed by atoms with van der Waals surface area (Å²) in [6, 6.07) is 12.4. The zero-order valence-electron chi connectivity index (χ0n) is 18.9. The van der Waals surface area contributed by atoms with Crippen LogP contribution in [0.4, 0.5) is 5.69 Å². The predicted octanol–water partition coefficient (Wildman–Crippen LogP) is 2.83. The fourth-order valence-corrected chi connectivity index (χ4v) is 6.48. The van der Waals surface area contributed by atoms with E-state index in [0.717, 1.165) is 18.4 Å². The molecule has 33 heavy (non-hydrogen) atoms. The van der Waals surface area contributed by atoms with Crippen LogP contribution in [0.1, 0.15) is 30.9 Å². The van der Waals surface area contributed by atoms with Crippen LogP contribution in [-0.2, 0) is 32.5 Å². The van der Waals surface area contributed by atoms with E-state index in [2.05, 4.69) is 17.4 Å². The maximum Gasteiger partial charge on any atom is 0.243 e. The van der Waals surface area contributed by atoms with Gasteiger partial charge in [0.1, 0.15) is 6.04 Å². The summed E-state index contributed by atoms with van der Waals surface area (Å²) in [5.41, 5.74) is 2.44. The number of hydrogen-bond acceptors (Lipinski definition) is 5. The lowest BCUT2D eigenvalue weighted by Gasteiger charge is -2.23. The second-order valence-corrected chi connectivity index (χ2v) is 11.2. The normalized spacial score (nSPS) is 18.4. The number of amides is 2. The Balaban J connectivity index is 1.46. The molecule has 2 amide bonds. The second-order valence-electron chi connectivity index (χ2n) is 8.40. The number of carbonyl (C=O) groups is 2. The van der Waals surface area contributed by atoms with Crippen molar-refractivity contribution < 1.29 is 18.0 Å². The van der Waals surface area contributed by atoms with Crippen LogP contribution in [0.5, 0.6) is 0 Å². The topological polar surface area (TPSA) is 86.8 Å². The fraction of sp³-hybridized carbons (Fsp3) is 0.417. The lowest BCUT2D eigenvalue weighted by Crippen LogP contribution is -2.47. The highest BCUT2D eigenvalue weighted by Gasteiger charge is 2.38. The van der Waals surface area contributed by atoms with Crippen molar-refractivity contribution in [2.24, 2.45) is 0 Å². The van der Waals surface area contributed by atoms with Crippen molar-refractivity contribution in [3.63, 3.8) is 0 Å². The smallest absolute Gasteiger partial charge is 0.243 e. The van der Waals surface area contributed by atoms with E-state index in [-0.39, 0.29) is 16.7 Å². The van der Waals surface area contributed by atoms with E-state index < -0.39 is 16.1 Å². The average molecular weight is 488 g/mol. The van der Waals surface area contributed by atoms with E-state index >= 15 is 0 Å². The van der Waals surface area contributed by atoms with Crippen LogP contribution in [0.25, 0.3) is 0 Å². The number of nitrogens with one attached hydrogen (secondary N) is 1. The largest absolute Gasteiger partial charge is 0.354 e. The van der Waals surface area contributed by atoms with Gasteiger partial charge in [-0.2, -0.15) is 4.31 Å². The average Bonchev–Trinajstić information content (AvgIpc) is 3.47. The molecule has 1 saturated heterocycles. The van der Waals surface area contributed by atoms with Crippen LogP contribution < -0.4 is 10.2 Å². The minimum Gasteiger partial charge on any atom is -0.354 e. The summed E-state index contributed by atoms with van der Waals surface area (Å²) in [5, 5.41) is 2.95. The van der Waals surface area contributed by atoms with E-state index in [1.54, 1.807) is 30.0 Å². The molecule has 9 heteroatoms. The summed E-state index contributed by atoms with van der Waals surface area (Å²) >= 11 is 1.68. The van der Waals surface area contributed by atoms with E-state index in [1.807, 2.05) is 18.4 Å². The Morgan fingerprint density at radius 1 is 1.09 bits per heavy atom. The first-order valence-electron chi connectivity index (χ1n) is 11.1. The fourth-order valence-electron chi connectivity index (χ4n) is 4.50. The Labute approximate surface area is 199 Å². The Kier molecular flexibility index (Phi) is 7.11. The van der Waals surface area contributed by atoms with Crippen LogP contribution in [0.2, 0.25) is 0 Å². The van der Waals surface area contributed by atoms with Crippen LogP contribution in [-0.4, -0.2) is 56.5 Å². The van der Waals surface area contributed by atoms with Crippen LogP contribution in [0, 0.1) is 0 Å². The number of benzene rings is 2. The minimum atomic E-state index is -3.56. The lowest BCUT2D eigenvalue weighted by atomic mass is 10.1. The molecule has 1 fully saturated rings. The van der Waals surface area contributed by atoms with Gasteiger partial charge in [-0.25, -0.2) is 8.42 Å². The summed E-state index contributed by atoms with van der Waals surface area (Å²) in [6.45, 7) is 2.95. The monoisotopic (exact) mass is 487 g/mol. The molecule has 2 aromatic rings. The van der Waals surface area contributed by atoms with Crippen molar-refractivity contribution >= 4 is 39.3 Å². The standard InChI is InChI=1S/C24H29N3O4S2/c1-17(28)27-22-10-9-21(33(30,31)26-13-3-4-14-26)15-19(22)16-23(27)24(29)25-12-11-18-5-7-20(32-2)8-6-18/h5-10,15,23H,3-4,11-14,16H2,1-2H3,(H,25,29). The van der Waals surface area contributed by atoms with Crippen molar-refractivity contribution in [3.8, 4) is 0 Å². The highest BCUT2D eigenvalue weighted by atomic mass is 32.2. The number of thioether (sulfide) groups is 1. The maximum absolute atomic E-state index is 13.0. The number of rotatable bonds is 7. The molecule has 0 radical (unpaired) electrons. The Bertz CT molecular complexity index is 1140. The molecule has 2 aromatic carbocycles. The predicted molar refractivity (Wildman–Crippen MR) is 130 cm³/mol. The summed E-state index contributed by atoms with van der Waals surface area (Å²) in [5.74, 6) is -0.470. The third kappa shape index (κ3) is 4.95. The third-order valence-electron chi connectivity index (χ3n) is 6.25. The molecule has 2 aliphatic rings. The van der Waals surface area contributed by atoms with Crippen LogP contribution >= 0.6 is 11.8 Å². The first-order chi connectivity index (χ1) is 15.8. The zero-order valence-corrected chi connectivity index (χ0v) is 20.5. The molecular weight excluding hydrogens is 458 g/mol. The number of carbonyl (C=O) groups excluding carboxylic acids is 2. The Morgan fingerprint density at radius 2 is 1.79 bits per heavy atom. The molecule has 7 nitrogen and oxygen atoms in total. The summed E-state index contributed by atoms with van der Waals surface area (Å²) < 4.78 is 27.4. The molecule has 0 spiro atoms. The van der Waals surface area contributed by atoms with Crippen molar-refractivity contribution in [3.05, 3.63) is 53.6 Å². The highest BCUT2D eigenvalue weighted by Crippen LogP contribution is 2.35. The SMILES string of the molecule is CSc1ccc(CCNC(=O)C2Cc3cc(S(=O)(=O)N4CCCC4)ccc3N2C(C)=O)cc1. The summed E-state index contributed by atoms with van der Waals surface area (Å²) in [7, 11) is -3.56. The number of hydrogen-bond donors (Lipinski definition) is 1.